The fourth-order valence-electron chi connectivity index (χ4n) is 6.77. The molecule has 2 aliphatic heterocycles. The van der Waals surface area contributed by atoms with Gasteiger partial charge in [0.25, 0.3) is 17.7 Å². The number of carbonyl (C=O) groups is 6. The van der Waals surface area contributed by atoms with Crippen LogP contribution in [0.4, 0.5) is 0 Å². The van der Waals surface area contributed by atoms with Crippen LogP contribution in [0.3, 0.4) is 0 Å². The molecule has 0 spiro atoms. The monoisotopic (exact) mass is 654 g/mol. The lowest BCUT2D eigenvalue weighted by atomic mass is 9.72. The number of carboxylic acids is 2. The van der Waals surface area contributed by atoms with Crippen molar-refractivity contribution in [1.29, 1.82) is 0 Å². The summed E-state index contributed by atoms with van der Waals surface area (Å²) in [7, 11) is 0. The van der Waals surface area contributed by atoms with Crippen LogP contribution in [0.1, 0.15) is 68.7 Å². The predicted octanol–water partition coefficient (Wildman–Crippen LogP) is 2.89. The molecule has 1 fully saturated rings. The lowest BCUT2D eigenvalue weighted by molar-refractivity contribution is -0.158. The number of nitrogens with zero attached hydrogens (tertiary/aromatic N) is 1. The van der Waals surface area contributed by atoms with Gasteiger partial charge in [0.05, 0.1) is 11.1 Å². The van der Waals surface area contributed by atoms with E-state index in [9.17, 15) is 39.0 Å². The average molecular weight is 655 g/mol. The summed E-state index contributed by atoms with van der Waals surface area (Å²) >= 11 is 0. The van der Waals surface area contributed by atoms with Crippen LogP contribution >= 0.6 is 0 Å². The van der Waals surface area contributed by atoms with Crippen molar-refractivity contribution in [3.8, 4) is 0 Å². The minimum absolute atomic E-state index is 0.0275. The van der Waals surface area contributed by atoms with Crippen molar-refractivity contribution in [1.82, 2.24) is 20.9 Å². The van der Waals surface area contributed by atoms with Gasteiger partial charge < -0.3 is 31.1 Å². The highest BCUT2D eigenvalue weighted by Gasteiger charge is 2.57. The molecular formula is C36H38N4O8. The molecule has 3 aromatic carbocycles. The normalized spacial score (nSPS) is 21.0. The number of carboxylic acid groups (broad SMARTS) is 2. The average Bonchev–Trinajstić information content (AvgIpc) is 3.58. The summed E-state index contributed by atoms with van der Waals surface area (Å²) in [6, 6.07) is 20.5. The SMILES string of the molecule is O=C(N[C@@H](Cc1ccccc1)C(C(=O)O)C1(C(=O)N2CCC[C@H]2C(=O)O)CCCCNC(=O)c2ccccc2C(=O)N1)c1ccccc1. The van der Waals surface area contributed by atoms with Crippen LogP contribution in [0.5, 0.6) is 0 Å². The van der Waals surface area contributed by atoms with E-state index >= 15 is 0 Å². The van der Waals surface area contributed by atoms with Crippen molar-refractivity contribution in [2.75, 3.05) is 13.1 Å². The Bertz CT molecular complexity index is 1680. The lowest BCUT2D eigenvalue weighted by Gasteiger charge is -2.44. The molecular weight excluding hydrogens is 616 g/mol. The Kier molecular flexibility index (Phi) is 10.5. The minimum Gasteiger partial charge on any atom is -0.481 e. The summed E-state index contributed by atoms with van der Waals surface area (Å²) in [5.41, 5.74) is -1.35. The van der Waals surface area contributed by atoms with E-state index in [-0.39, 0.29) is 55.5 Å². The zero-order valence-electron chi connectivity index (χ0n) is 26.3. The van der Waals surface area contributed by atoms with E-state index in [0.717, 1.165) is 4.90 Å². The summed E-state index contributed by atoms with van der Waals surface area (Å²) < 4.78 is 0. The van der Waals surface area contributed by atoms with Gasteiger partial charge in [0, 0.05) is 24.7 Å². The van der Waals surface area contributed by atoms with E-state index in [1.54, 1.807) is 72.8 Å². The highest BCUT2D eigenvalue weighted by Crippen LogP contribution is 2.35. The number of rotatable bonds is 9. The Balaban J connectivity index is 1.70. The Morgan fingerprint density at radius 3 is 2.10 bits per heavy atom. The van der Waals surface area contributed by atoms with Crippen molar-refractivity contribution in [3.05, 3.63) is 107 Å². The summed E-state index contributed by atoms with van der Waals surface area (Å²) in [5.74, 6) is -7.31. The van der Waals surface area contributed by atoms with Crippen molar-refractivity contribution in [3.63, 3.8) is 0 Å². The molecule has 0 aliphatic carbocycles. The third kappa shape index (κ3) is 7.22. The quantitative estimate of drug-likeness (QED) is 0.233. The molecule has 0 radical (unpaired) electrons. The largest absolute Gasteiger partial charge is 0.481 e. The fraction of sp³-hybridized carbons (Fsp3) is 0.333. The first-order valence-corrected chi connectivity index (χ1v) is 16.0. The Hall–Kier alpha value is -5.52. The maximum Gasteiger partial charge on any atom is 0.326 e. The number of nitrogens with one attached hydrogen (secondary N) is 3. The number of fused-ring (bicyclic) bond motifs is 1. The molecule has 2 aliphatic rings. The first-order valence-electron chi connectivity index (χ1n) is 16.0. The van der Waals surface area contributed by atoms with Gasteiger partial charge in [-0.25, -0.2) is 4.79 Å². The molecule has 4 amide bonds. The predicted molar refractivity (Wildman–Crippen MR) is 174 cm³/mol. The number of hydrogen-bond donors (Lipinski definition) is 5. The number of aliphatic carboxylic acids is 2. The molecule has 4 atom stereocenters. The van der Waals surface area contributed by atoms with E-state index in [0.29, 0.717) is 18.4 Å². The van der Waals surface area contributed by atoms with Crippen LogP contribution in [0, 0.1) is 5.92 Å². The molecule has 12 nitrogen and oxygen atoms in total. The van der Waals surface area contributed by atoms with Crippen molar-refractivity contribution >= 4 is 35.6 Å². The van der Waals surface area contributed by atoms with Gasteiger partial charge in [0.1, 0.15) is 17.5 Å². The molecule has 1 saturated heterocycles. The molecule has 48 heavy (non-hydrogen) atoms. The number of amides is 4. The summed E-state index contributed by atoms with van der Waals surface area (Å²) in [5, 5.41) is 29.5. The van der Waals surface area contributed by atoms with Gasteiger partial charge in [-0.3, -0.25) is 24.0 Å². The molecule has 5 rings (SSSR count). The summed E-state index contributed by atoms with van der Waals surface area (Å²) in [4.78, 5) is 83.0. The minimum atomic E-state index is -2.23. The van der Waals surface area contributed by atoms with Gasteiger partial charge in [0.15, 0.2) is 0 Å². The first kappa shape index (κ1) is 33.8. The zero-order chi connectivity index (χ0) is 34.3. The van der Waals surface area contributed by atoms with Crippen LogP contribution in [-0.4, -0.2) is 81.4 Å². The second-order valence-corrected chi connectivity index (χ2v) is 12.1. The summed E-state index contributed by atoms with van der Waals surface area (Å²) in [6.45, 7) is 0.221. The Morgan fingerprint density at radius 1 is 0.833 bits per heavy atom. The van der Waals surface area contributed by atoms with Crippen LogP contribution in [0.15, 0.2) is 84.9 Å². The van der Waals surface area contributed by atoms with E-state index in [1.165, 1.54) is 12.1 Å². The summed E-state index contributed by atoms with van der Waals surface area (Å²) in [6.07, 6.45) is 0.796. The fourth-order valence-corrected chi connectivity index (χ4v) is 6.77. The maximum absolute atomic E-state index is 15.0. The van der Waals surface area contributed by atoms with Gasteiger partial charge in [-0.2, -0.15) is 0 Å². The Morgan fingerprint density at radius 2 is 1.46 bits per heavy atom. The van der Waals surface area contributed by atoms with Crippen LogP contribution in [0.25, 0.3) is 0 Å². The number of carbonyl (C=O) groups excluding carboxylic acids is 4. The number of likely N-dealkylation sites (tertiary alicyclic amines) is 1. The molecule has 0 aromatic heterocycles. The molecule has 2 heterocycles. The first-order chi connectivity index (χ1) is 23.1. The van der Waals surface area contributed by atoms with E-state index in [2.05, 4.69) is 16.0 Å². The zero-order valence-corrected chi connectivity index (χ0v) is 26.3. The van der Waals surface area contributed by atoms with Crippen molar-refractivity contribution < 1.29 is 39.0 Å². The second kappa shape index (κ2) is 14.9. The number of hydrogen-bond acceptors (Lipinski definition) is 6. The van der Waals surface area contributed by atoms with E-state index in [1.807, 2.05) is 0 Å². The van der Waals surface area contributed by atoms with Crippen molar-refractivity contribution in [2.45, 2.75) is 56.1 Å². The highest BCUT2D eigenvalue weighted by molar-refractivity contribution is 6.09. The van der Waals surface area contributed by atoms with Gasteiger partial charge in [-0.15, -0.1) is 0 Å². The third-order valence-electron chi connectivity index (χ3n) is 9.07. The number of benzene rings is 3. The topological polar surface area (TPSA) is 182 Å². The van der Waals surface area contributed by atoms with E-state index in [4.69, 9.17) is 0 Å². The standard InChI is InChI=1S/C36H38N4O8/c41-30(24-14-5-2-6-15-24)38-27(22-23-12-3-1-4-13-23)29(34(46)47)36(35(48)40-21-11-18-28(40)33(44)45)19-9-10-20-37-31(42)25-16-7-8-17-26(25)32(43)39-36/h1-8,12-17,27-29H,9-11,18-22H2,(H,37,42)(H,38,41)(H,39,43)(H,44,45)(H,46,47)/t27-,28-,29?,36?/m0/s1. The highest BCUT2D eigenvalue weighted by atomic mass is 16.4. The van der Waals surface area contributed by atoms with Gasteiger partial charge in [0.2, 0.25) is 5.91 Å². The molecule has 250 valence electrons. The van der Waals surface area contributed by atoms with Gasteiger partial charge >= 0.3 is 11.9 Å². The van der Waals surface area contributed by atoms with Crippen molar-refractivity contribution in [2.24, 2.45) is 5.92 Å². The van der Waals surface area contributed by atoms with Gasteiger partial charge in [-0.1, -0.05) is 60.7 Å². The molecule has 3 aromatic rings. The molecule has 2 unspecified atom stereocenters. The molecule has 0 bridgehead atoms. The van der Waals surface area contributed by atoms with E-state index < -0.39 is 59.1 Å². The Labute approximate surface area is 277 Å². The second-order valence-electron chi connectivity index (χ2n) is 12.1. The molecule has 0 saturated carbocycles. The smallest absolute Gasteiger partial charge is 0.326 e. The maximum atomic E-state index is 15.0. The molecule has 12 heteroatoms. The third-order valence-corrected chi connectivity index (χ3v) is 9.07. The lowest BCUT2D eigenvalue weighted by Crippen LogP contribution is -2.70. The van der Waals surface area contributed by atoms with Crippen LogP contribution < -0.4 is 16.0 Å². The van der Waals surface area contributed by atoms with Gasteiger partial charge in [-0.05, 0) is 68.4 Å². The molecule has 5 N–H and O–H groups in total. The van der Waals surface area contributed by atoms with Crippen LogP contribution in [0.2, 0.25) is 0 Å². The van der Waals surface area contributed by atoms with Crippen LogP contribution in [-0.2, 0) is 20.8 Å².